The highest BCUT2D eigenvalue weighted by Gasteiger charge is 2.39. The summed E-state index contributed by atoms with van der Waals surface area (Å²) in [5.74, 6) is 0.115. The van der Waals surface area contributed by atoms with Crippen molar-refractivity contribution >= 4 is 17.2 Å². The van der Waals surface area contributed by atoms with E-state index in [9.17, 15) is 4.79 Å². The second-order valence-corrected chi connectivity index (χ2v) is 5.82. The summed E-state index contributed by atoms with van der Waals surface area (Å²) < 4.78 is 0. The van der Waals surface area contributed by atoms with Gasteiger partial charge in [-0.15, -0.1) is 17.9 Å². The maximum absolute atomic E-state index is 12.0. The maximum atomic E-state index is 12.0. The molecule has 18 heavy (non-hydrogen) atoms. The predicted molar refractivity (Wildman–Crippen MR) is 74.6 cm³/mol. The summed E-state index contributed by atoms with van der Waals surface area (Å²) in [7, 11) is 0. The summed E-state index contributed by atoms with van der Waals surface area (Å²) >= 11 is 1.67. The standard InChI is InChI=1S/C14H20N2OS/c1-3-4-7-12(17)16-14(8-5-6-9-14)13-15-11(2)10-18-13/h3,10H,1,4-9H2,2H3,(H,16,17). The molecule has 3 nitrogen and oxygen atoms in total. The average molecular weight is 264 g/mol. The first-order valence-corrected chi connectivity index (χ1v) is 7.39. The lowest BCUT2D eigenvalue weighted by molar-refractivity contribution is -0.123. The van der Waals surface area contributed by atoms with Gasteiger partial charge in [-0.05, 0) is 26.2 Å². The molecule has 0 saturated heterocycles. The van der Waals surface area contributed by atoms with Gasteiger partial charge in [0.15, 0.2) is 0 Å². The van der Waals surface area contributed by atoms with Crippen molar-refractivity contribution in [3.63, 3.8) is 0 Å². The van der Waals surface area contributed by atoms with Gasteiger partial charge in [0.2, 0.25) is 5.91 Å². The summed E-state index contributed by atoms with van der Waals surface area (Å²) in [6.45, 7) is 5.66. The van der Waals surface area contributed by atoms with Crippen LogP contribution in [0.2, 0.25) is 0 Å². The zero-order valence-corrected chi connectivity index (χ0v) is 11.7. The van der Waals surface area contributed by atoms with Gasteiger partial charge < -0.3 is 5.32 Å². The van der Waals surface area contributed by atoms with E-state index in [0.717, 1.165) is 30.0 Å². The van der Waals surface area contributed by atoms with Crippen molar-refractivity contribution in [2.75, 3.05) is 0 Å². The number of allylic oxidation sites excluding steroid dienone is 1. The Kier molecular flexibility index (Phi) is 4.17. The van der Waals surface area contributed by atoms with E-state index in [1.54, 1.807) is 17.4 Å². The highest BCUT2D eigenvalue weighted by Crippen LogP contribution is 2.40. The van der Waals surface area contributed by atoms with Gasteiger partial charge in [0, 0.05) is 17.5 Å². The SMILES string of the molecule is C=CCCC(=O)NC1(c2nc(C)cs2)CCCC1. The van der Waals surface area contributed by atoms with Crippen LogP contribution >= 0.6 is 11.3 Å². The summed E-state index contributed by atoms with van der Waals surface area (Å²) in [5.41, 5.74) is 0.846. The molecule has 0 aromatic carbocycles. The molecule has 1 N–H and O–H groups in total. The molecule has 0 radical (unpaired) electrons. The second kappa shape index (κ2) is 5.65. The molecule has 1 heterocycles. The van der Waals surface area contributed by atoms with Crippen LogP contribution in [0.3, 0.4) is 0 Å². The number of aryl methyl sites for hydroxylation is 1. The Balaban J connectivity index is 2.12. The summed E-state index contributed by atoms with van der Waals surface area (Å²) in [6.07, 6.45) is 7.41. The third-order valence-electron chi connectivity index (χ3n) is 3.44. The maximum Gasteiger partial charge on any atom is 0.221 e. The van der Waals surface area contributed by atoms with Crippen LogP contribution in [0.4, 0.5) is 0 Å². The van der Waals surface area contributed by atoms with Crippen LogP contribution in [0, 0.1) is 6.92 Å². The van der Waals surface area contributed by atoms with E-state index < -0.39 is 0 Å². The number of aromatic nitrogens is 1. The molecule has 2 rings (SSSR count). The van der Waals surface area contributed by atoms with Crippen LogP contribution in [-0.4, -0.2) is 10.9 Å². The van der Waals surface area contributed by atoms with Crippen LogP contribution in [-0.2, 0) is 10.3 Å². The summed E-state index contributed by atoms with van der Waals surface area (Å²) in [5, 5.41) is 6.35. The van der Waals surface area contributed by atoms with Gasteiger partial charge in [0.05, 0.1) is 5.54 Å². The molecule has 1 aromatic rings. The molecule has 4 heteroatoms. The Morgan fingerprint density at radius 3 is 2.89 bits per heavy atom. The van der Waals surface area contributed by atoms with Gasteiger partial charge in [-0.3, -0.25) is 4.79 Å². The molecule has 0 atom stereocenters. The highest BCUT2D eigenvalue weighted by atomic mass is 32.1. The van der Waals surface area contributed by atoms with Crippen molar-refractivity contribution in [1.29, 1.82) is 0 Å². The van der Waals surface area contributed by atoms with E-state index in [4.69, 9.17) is 0 Å². The third-order valence-corrected chi connectivity index (χ3v) is 4.60. The zero-order valence-electron chi connectivity index (χ0n) is 10.9. The number of amides is 1. The van der Waals surface area contributed by atoms with Gasteiger partial charge in [0.25, 0.3) is 0 Å². The van der Waals surface area contributed by atoms with Crippen molar-refractivity contribution in [2.24, 2.45) is 0 Å². The lowest BCUT2D eigenvalue weighted by Gasteiger charge is -2.28. The van der Waals surface area contributed by atoms with Crippen molar-refractivity contribution in [1.82, 2.24) is 10.3 Å². The third kappa shape index (κ3) is 2.80. The smallest absolute Gasteiger partial charge is 0.221 e. The van der Waals surface area contributed by atoms with Crippen molar-refractivity contribution < 1.29 is 4.79 Å². The number of nitrogens with zero attached hydrogens (tertiary/aromatic N) is 1. The molecule has 0 bridgehead atoms. The fourth-order valence-corrected chi connectivity index (χ4v) is 3.52. The fourth-order valence-electron chi connectivity index (χ4n) is 2.51. The van der Waals surface area contributed by atoms with Gasteiger partial charge in [-0.1, -0.05) is 18.9 Å². The van der Waals surface area contributed by atoms with Crippen molar-refractivity contribution in [3.05, 3.63) is 28.7 Å². The van der Waals surface area contributed by atoms with Gasteiger partial charge in [0.1, 0.15) is 5.01 Å². The van der Waals surface area contributed by atoms with E-state index >= 15 is 0 Å². The molecular weight excluding hydrogens is 244 g/mol. The predicted octanol–water partition coefficient (Wildman–Crippen LogP) is 3.30. The normalized spacial score (nSPS) is 17.6. The van der Waals surface area contributed by atoms with Crippen molar-refractivity contribution in [2.45, 2.75) is 51.0 Å². The molecule has 1 aliphatic carbocycles. The number of nitrogens with one attached hydrogen (secondary N) is 1. The second-order valence-electron chi connectivity index (χ2n) is 4.96. The van der Waals surface area contributed by atoms with Crippen LogP contribution in [0.15, 0.2) is 18.0 Å². The Bertz CT molecular complexity index is 433. The van der Waals surface area contributed by atoms with Crippen molar-refractivity contribution in [3.8, 4) is 0 Å². The molecule has 0 spiro atoms. The van der Waals surface area contributed by atoms with Crippen LogP contribution in [0.5, 0.6) is 0 Å². The number of hydrogen-bond donors (Lipinski definition) is 1. The molecule has 1 amide bonds. The van der Waals surface area contributed by atoms with Gasteiger partial charge in [-0.2, -0.15) is 0 Å². The fraction of sp³-hybridized carbons (Fsp3) is 0.571. The molecule has 1 fully saturated rings. The number of carbonyl (C=O) groups is 1. The lowest BCUT2D eigenvalue weighted by atomic mass is 9.98. The largest absolute Gasteiger partial charge is 0.344 e. The molecule has 0 aliphatic heterocycles. The van der Waals surface area contributed by atoms with Crippen LogP contribution < -0.4 is 5.32 Å². The average Bonchev–Trinajstić information content (AvgIpc) is 2.96. The van der Waals surface area contributed by atoms with E-state index in [1.807, 2.05) is 6.92 Å². The number of hydrogen-bond acceptors (Lipinski definition) is 3. The monoisotopic (exact) mass is 264 g/mol. The molecule has 1 aliphatic rings. The van der Waals surface area contributed by atoms with E-state index in [-0.39, 0.29) is 11.4 Å². The summed E-state index contributed by atoms with van der Waals surface area (Å²) in [6, 6.07) is 0. The molecule has 0 unspecified atom stereocenters. The Hall–Kier alpha value is -1.16. The molecule has 98 valence electrons. The van der Waals surface area contributed by atoms with E-state index in [0.29, 0.717) is 6.42 Å². The molecule has 1 aromatic heterocycles. The lowest BCUT2D eigenvalue weighted by Crippen LogP contribution is -2.43. The van der Waals surface area contributed by atoms with Crippen LogP contribution in [0.25, 0.3) is 0 Å². The zero-order chi connectivity index (χ0) is 13.0. The van der Waals surface area contributed by atoms with Gasteiger partial charge in [-0.25, -0.2) is 4.98 Å². The first-order chi connectivity index (χ1) is 8.66. The first kappa shape index (κ1) is 13.3. The van der Waals surface area contributed by atoms with E-state index in [1.165, 1.54) is 12.8 Å². The minimum atomic E-state index is -0.197. The Morgan fingerprint density at radius 2 is 2.33 bits per heavy atom. The Morgan fingerprint density at radius 1 is 1.61 bits per heavy atom. The number of rotatable bonds is 5. The highest BCUT2D eigenvalue weighted by molar-refractivity contribution is 7.09. The van der Waals surface area contributed by atoms with Crippen LogP contribution in [0.1, 0.15) is 49.2 Å². The molecule has 1 saturated carbocycles. The first-order valence-electron chi connectivity index (χ1n) is 6.51. The van der Waals surface area contributed by atoms with E-state index in [2.05, 4.69) is 22.3 Å². The summed E-state index contributed by atoms with van der Waals surface area (Å²) in [4.78, 5) is 16.5. The minimum Gasteiger partial charge on any atom is -0.344 e. The minimum absolute atomic E-state index is 0.115. The van der Waals surface area contributed by atoms with Gasteiger partial charge >= 0.3 is 0 Å². The molecular formula is C14H20N2OS. The Labute approximate surface area is 112 Å². The number of thiazole rings is 1. The quantitative estimate of drug-likeness (QED) is 0.829. The number of carbonyl (C=O) groups excluding carboxylic acids is 1. The topological polar surface area (TPSA) is 42.0 Å².